The van der Waals surface area contributed by atoms with E-state index in [9.17, 15) is 0 Å². The highest BCUT2D eigenvalue weighted by Crippen LogP contribution is 2.37. The first kappa shape index (κ1) is 7.53. The molecule has 1 spiro atoms. The zero-order valence-corrected chi connectivity index (χ0v) is 6.71. The van der Waals surface area contributed by atoms with Crippen LogP contribution in [0.1, 0.15) is 32.1 Å². The first-order valence-corrected chi connectivity index (χ1v) is 4.37. The lowest BCUT2D eigenvalue weighted by atomic mass is 9.81. The second-order valence-corrected chi connectivity index (χ2v) is 3.68. The van der Waals surface area contributed by atoms with Gasteiger partial charge in [-0.25, -0.2) is 9.78 Å². The summed E-state index contributed by atoms with van der Waals surface area (Å²) in [6.07, 6.45) is 5.38. The van der Waals surface area contributed by atoms with Crippen LogP contribution < -0.4 is 5.73 Å². The Morgan fingerprint density at radius 1 is 1.18 bits per heavy atom. The molecule has 0 aromatic carbocycles. The van der Waals surface area contributed by atoms with Crippen molar-refractivity contribution < 1.29 is 9.78 Å². The monoisotopic (exact) mass is 157 g/mol. The van der Waals surface area contributed by atoms with E-state index in [-0.39, 0.29) is 5.60 Å². The van der Waals surface area contributed by atoms with Crippen molar-refractivity contribution in [1.29, 1.82) is 0 Å². The van der Waals surface area contributed by atoms with Gasteiger partial charge in [-0.2, -0.15) is 0 Å². The van der Waals surface area contributed by atoms with E-state index in [2.05, 4.69) is 0 Å². The van der Waals surface area contributed by atoms with Crippen LogP contribution in [0.2, 0.25) is 0 Å². The highest BCUT2D eigenvalue weighted by Gasteiger charge is 2.39. The molecule has 2 aliphatic rings. The molecule has 2 rings (SSSR count). The Kier molecular flexibility index (Phi) is 1.87. The van der Waals surface area contributed by atoms with Crippen LogP contribution in [0.5, 0.6) is 0 Å². The Morgan fingerprint density at radius 3 is 2.45 bits per heavy atom. The Balaban J connectivity index is 1.94. The summed E-state index contributed by atoms with van der Waals surface area (Å²) in [6, 6.07) is 0.393. The maximum absolute atomic E-state index is 5.79. The molecule has 3 heteroatoms. The van der Waals surface area contributed by atoms with Crippen molar-refractivity contribution in [2.75, 3.05) is 6.61 Å². The maximum atomic E-state index is 5.79. The molecule has 1 heterocycles. The van der Waals surface area contributed by atoms with Gasteiger partial charge in [-0.05, 0) is 25.7 Å². The summed E-state index contributed by atoms with van der Waals surface area (Å²) in [4.78, 5) is 10.2. The lowest BCUT2D eigenvalue weighted by Gasteiger charge is -2.32. The predicted molar refractivity (Wildman–Crippen MR) is 40.8 cm³/mol. The minimum atomic E-state index is 0.0515. The molecule has 0 atom stereocenters. The van der Waals surface area contributed by atoms with Crippen LogP contribution >= 0.6 is 0 Å². The topological polar surface area (TPSA) is 44.5 Å². The van der Waals surface area contributed by atoms with Gasteiger partial charge in [-0.15, -0.1) is 0 Å². The highest BCUT2D eigenvalue weighted by molar-refractivity contribution is 4.89. The van der Waals surface area contributed by atoms with E-state index in [0.29, 0.717) is 6.04 Å². The molecule has 2 fully saturated rings. The van der Waals surface area contributed by atoms with Gasteiger partial charge in [0.05, 0.1) is 6.61 Å². The number of rotatable bonds is 0. The molecule has 0 aromatic rings. The van der Waals surface area contributed by atoms with Gasteiger partial charge in [0, 0.05) is 12.5 Å². The lowest BCUT2D eigenvalue weighted by molar-refractivity contribution is -0.314. The summed E-state index contributed by atoms with van der Waals surface area (Å²) in [5, 5.41) is 0. The van der Waals surface area contributed by atoms with E-state index < -0.39 is 0 Å². The fourth-order valence-corrected chi connectivity index (χ4v) is 1.94. The minimum Gasteiger partial charge on any atom is -0.328 e. The van der Waals surface area contributed by atoms with Gasteiger partial charge in [0.15, 0.2) is 0 Å². The molecule has 3 nitrogen and oxygen atoms in total. The van der Waals surface area contributed by atoms with Crippen molar-refractivity contribution in [2.45, 2.75) is 43.7 Å². The van der Waals surface area contributed by atoms with Crippen LogP contribution in [0.15, 0.2) is 0 Å². The number of hydrogen-bond donors (Lipinski definition) is 1. The molecular weight excluding hydrogens is 142 g/mol. The Bertz CT molecular complexity index is 133. The molecule has 1 saturated heterocycles. The predicted octanol–water partition coefficient (Wildman–Crippen LogP) is 0.978. The Labute approximate surface area is 66.8 Å². The second kappa shape index (κ2) is 2.73. The maximum Gasteiger partial charge on any atom is 0.106 e. The third-order valence-electron chi connectivity index (χ3n) is 2.82. The van der Waals surface area contributed by atoms with Crippen molar-refractivity contribution in [3.05, 3.63) is 0 Å². The fourth-order valence-electron chi connectivity index (χ4n) is 1.94. The van der Waals surface area contributed by atoms with Crippen LogP contribution in [-0.2, 0) is 9.78 Å². The van der Waals surface area contributed by atoms with Crippen LogP contribution in [0.4, 0.5) is 0 Å². The van der Waals surface area contributed by atoms with Gasteiger partial charge in [0.2, 0.25) is 0 Å². The molecule has 0 unspecified atom stereocenters. The SMILES string of the molecule is NC1CCC2(CCOO2)CC1. The van der Waals surface area contributed by atoms with Gasteiger partial charge in [-0.3, -0.25) is 0 Å². The van der Waals surface area contributed by atoms with Crippen LogP contribution in [0.3, 0.4) is 0 Å². The molecular formula is C8H15NO2. The number of hydrogen-bond acceptors (Lipinski definition) is 3. The second-order valence-electron chi connectivity index (χ2n) is 3.68. The third kappa shape index (κ3) is 1.41. The van der Waals surface area contributed by atoms with Crippen LogP contribution in [0, 0.1) is 0 Å². The van der Waals surface area contributed by atoms with E-state index in [1.54, 1.807) is 0 Å². The smallest absolute Gasteiger partial charge is 0.106 e. The molecule has 2 N–H and O–H groups in total. The van der Waals surface area contributed by atoms with Crippen molar-refractivity contribution in [1.82, 2.24) is 0 Å². The zero-order valence-electron chi connectivity index (χ0n) is 6.71. The first-order valence-electron chi connectivity index (χ1n) is 4.37. The summed E-state index contributed by atoms with van der Waals surface area (Å²) in [7, 11) is 0. The zero-order chi connectivity index (χ0) is 7.73. The van der Waals surface area contributed by atoms with Gasteiger partial charge < -0.3 is 5.73 Å². The molecule has 1 aliphatic carbocycles. The molecule has 1 aliphatic heterocycles. The van der Waals surface area contributed by atoms with Gasteiger partial charge in [0.25, 0.3) is 0 Å². The van der Waals surface area contributed by atoms with E-state index in [1.165, 1.54) is 0 Å². The normalized spacial score (nSPS) is 45.0. The summed E-state index contributed by atoms with van der Waals surface area (Å²) >= 11 is 0. The molecule has 0 radical (unpaired) electrons. The van der Waals surface area contributed by atoms with Gasteiger partial charge >= 0.3 is 0 Å². The van der Waals surface area contributed by atoms with Crippen molar-refractivity contribution >= 4 is 0 Å². The summed E-state index contributed by atoms with van der Waals surface area (Å²) < 4.78 is 0. The van der Waals surface area contributed by atoms with Crippen molar-refractivity contribution in [3.63, 3.8) is 0 Å². The van der Waals surface area contributed by atoms with Gasteiger partial charge in [-0.1, -0.05) is 0 Å². The van der Waals surface area contributed by atoms with Crippen molar-refractivity contribution in [3.8, 4) is 0 Å². The average Bonchev–Trinajstić information content (AvgIpc) is 2.45. The van der Waals surface area contributed by atoms with Crippen molar-refractivity contribution in [2.24, 2.45) is 5.73 Å². The van der Waals surface area contributed by atoms with Crippen LogP contribution in [0.25, 0.3) is 0 Å². The van der Waals surface area contributed by atoms with E-state index in [0.717, 1.165) is 38.7 Å². The molecule has 0 amide bonds. The standard InChI is InChI=1S/C8H15NO2/c9-7-1-3-8(4-2-7)5-6-10-11-8/h7H,1-6,9H2. The fraction of sp³-hybridized carbons (Fsp3) is 1.00. The van der Waals surface area contributed by atoms with Gasteiger partial charge in [0.1, 0.15) is 5.60 Å². The summed E-state index contributed by atoms with van der Waals surface area (Å²) in [5.74, 6) is 0. The minimum absolute atomic E-state index is 0.0515. The quantitative estimate of drug-likeness (QED) is 0.533. The van der Waals surface area contributed by atoms with Crippen LogP contribution in [-0.4, -0.2) is 18.2 Å². The number of nitrogens with two attached hydrogens (primary N) is 1. The summed E-state index contributed by atoms with van der Waals surface area (Å²) in [6.45, 7) is 0.759. The summed E-state index contributed by atoms with van der Waals surface area (Å²) in [5.41, 5.74) is 5.84. The molecule has 64 valence electrons. The molecule has 0 bridgehead atoms. The largest absolute Gasteiger partial charge is 0.328 e. The average molecular weight is 157 g/mol. The third-order valence-corrected chi connectivity index (χ3v) is 2.82. The molecule has 1 saturated carbocycles. The van der Waals surface area contributed by atoms with E-state index >= 15 is 0 Å². The molecule has 0 aromatic heterocycles. The van der Waals surface area contributed by atoms with E-state index in [4.69, 9.17) is 15.5 Å². The Morgan fingerprint density at radius 2 is 1.91 bits per heavy atom. The highest BCUT2D eigenvalue weighted by atomic mass is 17.2. The Hall–Kier alpha value is -0.120. The molecule has 11 heavy (non-hydrogen) atoms. The van der Waals surface area contributed by atoms with E-state index in [1.807, 2.05) is 0 Å². The first-order chi connectivity index (χ1) is 5.31. The lowest BCUT2D eigenvalue weighted by Crippen LogP contribution is -2.38.